The molecule has 0 saturated carbocycles. The van der Waals surface area contributed by atoms with Crippen LogP contribution in [-0.4, -0.2) is 29.8 Å². The molecule has 3 aromatic rings. The lowest BCUT2D eigenvalue weighted by atomic mass is 9.97. The number of tetrazole rings is 1. The summed E-state index contributed by atoms with van der Waals surface area (Å²) in [5.74, 6) is 1.39. The summed E-state index contributed by atoms with van der Waals surface area (Å²) < 4.78 is 3.65. The first-order valence-corrected chi connectivity index (χ1v) is 11.3. The van der Waals surface area contributed by atoms with E-state index < -0.39 is 0 Å². The number of hydrogen-bond acceptors (Lipinski definition) is 6. The summed E-state index contributed by atoms with van der Waals surface area (Å²) in [5, 5.41) is 13.4. The lowest BCUT2D eigenvalue weighted by Gasteiger charge is -2.16. The summed E-state index contributed by atoms with van der Waals surface area (Å²) in [6.07, 6.45) is 9.03. The molecule has 0 atom stereocenters. The van der Waals surface area contributed by atoms with Crippen LogP contribution in [0.1, 0.15) is 51.3 Å². The van der Waals surface area contributed by atoms with Crippen LogP contribution in [0.15, 0.2) is 45.9 Å². The summed E-state index contributed by atoms with van der Waals surface area (Å²) >= 11 is 1.53. The van der Waals surface area contributed by atoms with E-state index >= 15 is 0 Å². The normalized spacial score (nSPS) is 14.3. The molecular formula is C21H26N6OS. The Bertz CT molecular complexity index is 1070. The summed E-state index contributed by atoms with van der Waals surface area (Å²) in [6, 6.07) is 7.57. The van der Waals surface area contributed by atoms with Crippen molar-refractivity contribution < 1.29 is 0 Å². The molecule has 7 nitrogen and oxygen atoms in total. The number of fused-ring (bicyclic) bond motifs is 1. The van der Waals surface area contributed by atoms with Gasteiger partial charge in [-0.15, -0.1) is 5.10 Å². The highest BCUT2D eigenvalue weighted by Gasteiger charge is 2.15. The van der Waals surface area contributed by atoms with Gasteiger partial charge in [-0.3, -0.25) is 9.36 Å². The fraction of sp³-hybridized carbons (Fsp3) is 0.476. The van der Waals surface area contributed by atoms with Gasteiger partial charge in [0.25, 0.3) is 5.56 Å². The van der Waals surface area contributed by atoms with Crippen LogP contribution < -0.4 is 5.56 Å². The van der Waals surface area contributed by atoms with Crippen molar-refractivity contribution in [2.45, 2.75) is 69.4 Å². The van der Waals surface area contributed by atoms with Crippen LogP contribution in [0.4, 0.5) is 0 Å². The smallest absolute Gasteiger partial charge is 0.262 e. The van der Waals surface area contributed by atoms with Crippen LogP contribution in [0, 0.1) is 0 Å². The van der Waals surface area contributed by atoms with Crippen LogP contribution in [0.5, 0.6) is 0 Å². The maximum Gasteiger partial charge on any atom is 0.262 e. The number of thioether (sulfide) groups is 1. The van der Waals surface area contributed by atoms with Gasteiger partial charge in [0.15, 0.2) is 11.0 Å². The van der Waals surface area contributed by atoms with E-state index in [1.54, 1.807) is 0 Å². The highest BCUT2D eigenvalue weighted by Crippen LogP contribution is 2.24. The van der Waals surface area contributed by atoms with Gasteiger partial charge in [0.05, 0.1) is 16.7 Å². The minimum atomic E-state index is 0.0302. The third-order valence-electron chi connectivity index (χ3n) is 5.24. The van der Waals surface area contributed by atoms with Crippen molar-refractivity contribution in [1.29, 1.82) is 0 Å². The van der Waals surface area contributed by atoms with E-state index in [1.165, 1.54) is 30.2 Å². The molecule has 0 radical (unpaired) electrons. The second kappa shape index (κ2) is 9.35. The van der Waals surface area contributed by atoms with Gasteiger partial charge in [-0.25, -0.2) is 9.67 Å². The standard InChI is InChI=1S/C21H26N6OS/c1-2-13-27-19(23-24-25-27)15-29-21-22-18-11-7-6-10-17(18)20(28)26(21)14-12-16-8-4-3-5-9-16/h6-8,10-11H,2-5,9,12-15H2,1H3. The summed E-state index contributed by atoms with van der Waals surface area (Å²) in [7, 11) is 0. The average Bonchev–Trinajstić information content (AvgIpc) is 3.20. The van der Waals surface area contributed by atoms with Gasteiger partial charge in [0.2, 0.25) is 0 Å². The number of hydrogen-bond donors (Lipinski definition) is 0. The summed E-state index contributed by atoms with van der Waals surface area (Å²) in [5.41, 5.74) is 2.23. The van der Waals surface area contributed by atoms with Crippen molar-refractivity contribution in [1.82, 2.24) is 29.8 Å². The van der Waals surface area contributed by atoms with Crippen LogP contribution >= 0.6 is 11.8 Å². The van der Waals surface area contributed by atoms with Gasteiger partial charge in [-0.1, -0.05) is 42.5 Å². The molecule has 1 aliphatic rings. The van der Waals surface area contributed by atoms with E-state index in [0.717, 1.165) is 48.7 Å². The Hall–Kier alpha value is -2.48. The second-order valence-corrected chi connectivity index (χ2v) is 8.28. The molecule has 0 aliphatic heterocycles. The van der Waals surface area contributed by atoms with E-state index in [9.17, 15) is 4.79 Å². The molecule has 0 N–H and O–H groups in total. The molecule has 0 unspecified atom stereocenters. The average molecular weight is 411 g/mol. The number of aromatic nitrogens is 6. The van der Waals surface area contributed by atoms with Crippen molar-refractivity contribution in [3.8, 4) is 0 Å². The highest BCUT2D eigenvalue weighted by atomic mass is 32.2. The molecule has 4 rings (SSSR count). The third kappa shape index (κ3) is 4.58. The molecule has 2 aromatic heterocycles. The zero-order valence-electron chi connectivity index (χ0n) is 16.8. The fourth-order valence-electron chi connectivity index (χ4n) is 3.68. The summed E-state index contributed by atoms with van der Waals surface area (Å²) in [4.78, 5) is 18.0. The van der Waals surface area contributed by atoms with Gasteiger partial charge in [0.1, 0.15) is 0 Å². The molecule has 29 heavy (non-hydrogen) atoms. The number of aryl methyl sites for hydroxylation is 1. The monoisotopic (exact) mass is 410 g/mol. The Kier molecular flexibility index (Phi) is 6.39. The lowest BCUT2D eigenvalue weighted by Crippen LogP contribution is -2.24. The molecular weight excluding hydrogens is 384 g/mol. The predicted octanol–water partition coefficient (Wildman–Crippen LogP) is 3.98. The van der Waals surface area contributed by atoms with Crippen molar-refractivity contribution in [2.75, 3.05) is 0 Å². The third-order valence-corrected chi connectivity index (χ3v) is 6.21. The molecule has 2 heterocycles. The Morgan fingerprint density at radius 2 is 2.07 bits per heavy atom. The molecule has 0 amide bonds. The Morgan fingerprint density at radius 3 is 2.90 bits per heavy atom. The Morgan fingerprint density at radius 1 is 1.17 bits per heavy atom. The number of allylic oxidation sites excluding steroid dienone is 2. The van der Waals surface area contributed by atoms with Gasteiger partial charge in [0, 0.05) is 13.1 Å². The van der Waals surface area contributed by atoms with Crippen molar-refractivity contribution in [3.63, 3.8) is 0 Å². The lowest BCUT2D eigenvalue weighted by molar-refractivity contribution is 0.561. The number of benzene rings is 1. The largest absolute Gasteiger partial charge is 0.287 e. The molecule has 0 saturated heterocycles. The number of para-hydroxylation sites is 1. The van der Waals surface area contributed by atoms with Crippen LogP contribution in [-0.2, 0) is 18.8 Å². The first kappa shape index (κ1) is 19.8. The first-order valence-electron chi connectivity index (χ1n) is 10.3. The Balaban J connectivity index is 1.62. The maximum atomic E-state index is 13.2. The molecule has 0 spiro atoms. The van der Waals surface area contributed by atoms with Gasteiger partial charge in [-0.2, -0.15) is 0 Å². The zero-order valence-corrected chi connectivity index (χ0v) is 17.6. The molecule has 1 aliphatic carbocycles. The molecule has 0 bridgehead atoms. The molecule has 152 valence electrons. The van der Waals surface area contributed by atoms with E-state index in [4.69, 9.17) is 4.98 Å². The minimum Gasteiger partial charge on any atom is -0.287 e. The number of nitrogens with zero attached hydrogens (tertiary/aromatic N) is 6. The Labute approximate surface area is 174 Å². The van der Waals surface area contributed by atoms with Crippen LogP contribution in [0.3, 0.4) is 0 Å². The second-order valence-electron chi connectivity index (χ2n) is 7.33. The van der Waals surface area contributed by atoms with Crippen molar-refractivity contribution >= 4 is 22.7 Å². The zero-order chi connectivity index (χ0) is 20.1. The van der Waals surface area contributed by atoms with Crippen LogP contribution in [0.25, 0.3) is 10.9 Å². The highest BCUT2D eigenvalue weighted by molar-refractivity contribution is 7.98. The van der Waals surface area contributed by atoms with E-state index in [-0.39, 0.29) is 5.56 Å². The van der Waals surface area contributed by atoms with Gasteiger partial charge in [-0.05, 0) is 61.1 Å². The predicted molar refractivity (Wildman–Crippen MR) is 115 cm³/mol. The fourth-order valence-corrected chi connectivity index (χ4v) is 4.64. The SMILES string of the molecule is CCCn1nnnc1CSc1nc2ccccc2c(=O)n1CCC1=CCCCC1. The quantitative estimate of drug-likeness (QED) is 0.318. The number of rotatable bonds is 8. The molecule has 8 heteroatoms. The summed E-state index contributed by atoms with van der Waals surface area (Å²) in [6.45, 7) is 3.54. The topological polar surface area (TPSA) is 78.5 Å². The van der Waals surface area contributed by atoms with Crippen molar-refractivity contribution in [2.24, 2.45) is 0 Å². The molecule has 1 aromatic carbocycles. The van der Waals surface area contributed by atoms with Crippen LogP contribution in [0.2, 0.25) is 0 Å². The first-order chi connectivity index (χ1) is 14.3. The van der Waals surface area contributed by atoms with E-state index in [1.807, 2.05) is 33.5 Å². The van der Waals surface area contributed by atoms with Gasteiger partial charge >= 0.3 is 0 Å². The van der Waals surface area contributed by atoms with E-state index in [2.05, 4.69) is 28.5 Å². The van der Waals surface area contributed by atoms with E-state index in [0.29, 0.717) is 17.7 Å². The van der Waals surface area contributed by atoms with Gasteiger partial charge < -0.3 is 0 Å². The molecule has 0 fully saturated rings. The maximum absolute atomic E-state index is 13.2. The minimum absolute atomic E-state index is 0.0302. The van der Waals surface area contributed by atoms with Crippen molar-refractivity contribution in [3.05, 3.63) is 52.1 Å².